The first kappa shape index (κ1) is 43.8. The van der Waals surface area contributed by atoms with Crippen molar-refractivity contribution in [2.24, 2.45) is 0 Å². The fourth-order valence-corrected chi connectivity index (χ4v) is 7.01. The van der Waals surface area contributed by atoms with Crippen LogP contribution < -0.4 is 44.3 Å². The summed E-state index contributed by atoms with van der Waals surface area (Å²) in [6, 6.07) is 18.7. The predicted octanol–water partition coefficient (Wildman–Crippen LogP) is 8.57. The first-order valence-electron chi connectivity index (χ1n) is 17.4. The van der Waals surface area contributed by atoms with Crippen LogP contribution in [0.5, 0.6) is 34.5 Å². The second-order valence-corrected chi connectivity index (χ2v) is 14.7. The van der Waals surface area contributed by atoms with Crippen LogP contribution in [-0.4, -0.2) is 58.1 Å². The molecular formula is C37H52F3O9PS. The Balaban J connectivity index is 0.00000100. The van der Waals surface area contributed by atoms with Crippen molar-refractivity contribution in [1.82, 2.24) is 0 Å². The van der Waals surface area contributed by atoms with E-state index < -0.39 is 23.5 Å². The highest BCUT2D eigenvalue weighted by molar-refractivity contribution is 7.86. The van der Waals surface area contributed by atoms with Crippen molar-refractivity contribution in [3.8, 4) is 34.5 Å². The zero-order valence-corrected chi connectivity index (χ0v) is 32.1. The lowest BCUT2D eigenvalue weighted by molar-refractivity contribution is -0.0510. The average molecular weight is 761 g/mol. The van der Waals surface area contributed by atoms with Crippen molar-refractivity contribution in [2.45, 2.75) is 85.6 Å². The lowest BCUT2D eigenvalue weighted by Crippen LogP contribution is -2.27. The van der Waals surface area contributed by atoms with Crippen molar-refractivity contribution < 1.29 is 54.6 Å². The van der Waals surface area contributed by atoms with Gasteiger partial charge < -0.3 is 28.4 Å². The Kier molecular flexibility index (Phi) is 19.3. The number of alkyl halides is 3. The molecule has 0 spiro atoms. The van der Waals surface area contributed by atoms with E-state index >= 15 is 0 Å². The van der Waals surface area contributed by atoms with Gasteiger partial charge in [-0.2, -0.15) is 21.6 Å². The van der Waals surface area contributed by atoms with Crippen LogP contribution in [0.1, 0.15) is 80.1 Å². The van der Waals surface area contributed by atoms with E-state index in [1.54, 1.807) is 0 Å². The Morgan fingerprint density at radius 3 is 1.08 bits per heavy atom. The summed E-state index contributed by atoms with van der Waals surface area (Å²) < 4.78 is 95.9. The van der Waals surface area contributed by atoms with E-state index in [9.17, 15) is 13.2 Å². The maximum atomic E-state index is 10.7. The van der Waals surface area contributed by atoms with Crippen LogP contribution in [0.2, 0.25) is 0 Å². The lowest BCUT2D eigenvalue weighted by atomic mass is 10.3. The normalized spacial score (nSPS) is 11.4. The second kappa shape index (κ2) is 22.5. The summed E-state index contributed by atoms with van der Waals surface area (Å²) in [7, 11) is -7.10. The molecule has 0 bridgehead atoms. The molecule has 0 amide bonds. The zero-order valence-electron chi connectivity index (χ0n) is 30.4. The molecule has 9 nitrogen and oxygen atoms in total. The molecule has 0 radical (unpaired) electrons. The Labute approximate surface area is 302 Å². The van der Waals surface area contributed by atoms with Crippen molar-refractivity contribution >= 4 is 34.0 Å². The number of halogens is 3. The predicted molar refractivity (Wildman–Crippen MR) is 197 cm³/mol. The highest BCUT2D eigenvalue weighted by atomic mass is 32.2. The number of benzene rings is 3. The van der Waals surface area contributed by atoms with E-state index in [2.05, 4.69) is 65.8 Å². The minimum atomic E-state index is -5.84. The third-order valence-corrected chi connectivity index (χ3v) is 9.75. The first-order valence-corrected chi connectivity index (χ1v) is 20.2. The van der Waals surface area contributed by atoms with Crippen molar-refractivity contribution in [3.05, 3.63) is 54.6 Å². The van der Waals surface area contributed by atoms with Crippen LogP contribution in [0.15, 0.2) is 54.6 Å². The number of hydrogen-bond donors (Lipinski definition) is 1. The molecule has 3 aromatic carbocycles. The summed E-state index contributed by atoms with van der Waals surface area (Å²) >= 11 is 0. The molecule has 286 valence electrons. The molecule has 3 aromatic rings. The minimum absolute atomic E-state index is 0.581. The molecule has 0 fully saturated rings. The largest absolute Gasteiger partial charge is 0.522 e. The van der Waals surface area contributed by atoms with Gasteiger partial charge in [0.2, 0.25) is 0 Å². The molecule has 0 unspecified atom stereocenters. The third-order valence-electron chi connectivity index (χ3n) is 6.57. The van der Waals surface area contributed by atoms with E-state index in [4.69, 9.17) is 41.4 Å². The van der Waals surface area contributed by atoms with Gasteiger partial charge >= 0.3 is 15.6 Å². The Hall–Kier alpha value is -3.41. The van der Waals surface area contributed by atoms with Gasteiger partial charge in [-0.05, 0) is 43.8 Å². The summed E-state index contributed by atoms with van der Waals surface area (Å²) in [6.45, 7) is 16.3. The maximum absolute atomic E-state index is 10.7. The molecule has 0 aromatic heterocycles. The summed E-state index contributed by atoms with van der Waals surface area (Å²) in [5.74, 6) is 4.57. The van der Waals surface area contributed by atoms with E-state index in [-0.39, 0.29) is 0 Å². The molecule has 1 N–H and O–H groups in total. The fourth-order valence-electron chi connectivity index (χ4n) is 4.40. The van der Waals surface area contributed by atoms with Crippen LogP contribution in [0, 0.1) is 0 Å². The maximum Gasteiger partial charge on any atom is 0.522 e. The monoisotopic (exact) mass is 760 g/mol. The average Bonchev–Trinajstić information content (AvgIpc) is 3.10. The SMILES string of the molecule is CCCOc1cc(OCCC)c(P(c2ccccc2)c2c(OCCC)cc(OCCC)cc2OCCC)c(OCCC)c1.O=S(=O)(O)C(F)(F)F. The van der Waals surface area contributed by atoms with Gasteiger partial charge in [0.25, 0.3) is 0 Å². The van der Waals surface area contributed by atoms with E-state index in [0.29, 0.717) is 39.6 Å². The molecule has 0 atom stereocenters. The number of ether oxygens (including phenoxy) is 6. The van der Waals surface area contributed by atoms with Gasteiger partial charge in [-0.25, -0.2) is 0 Å². The second-order valence-electron chi connectivity index (χ2n) is 11.2. The van der Waals surface area contributed by atoms with E-state index in [1.807, 2.05) is 30.3 Å². The summed E-state index contributed by atoms with van der Waals surface area (Å²) in [4.78, 5) is 0. The van der Waals surface area contributed by atoms with Gasteiger partial charge in [0.15, 0.2) is 0 Å². The van der Waals surface area contributed by atoms with Crippen LogP contribution >= 0.6 is 7.92 Å². The van der Waals surface area contributed by atoms with E-state index in [1.165, 1.54) is 0 Å². The Bertz CT molecular complexity index is 1420. The molecule has 3 rings (SSSR count). The van der Waals surface area contributed by atoms with Gasteiger partial charge in [-0.1, -0.05) is 71.9 Å². The summed E-state index contributed by atoms with van der Waals surface area (Å²) in [6.07, 6.45) is 5.36. The van der Waals surface area contributed by atoms with Crippen LogP contribution in [0.3, 0.4) is 0 Å². The first-order chi connectivity index (χ1) is 24.4. The van der Waals surface area contributed by atoms with Gasteiger partial charge in [0.05, 0.1) is 50.3 Å². The highest BCUT2D eigenvalue weighted by Crippen LogP contribution is 2.48. The molecule has 0 saturated carbocycles. The quantitative estimate of drug-likeness (QED) is 0.0649. The number of hydrogen-bond acceptors (Lipinski definition) is 8. The molecule has 0 heterocycles. The fraction of sp³-hybridized carbons (Fsp3) is 0.514. The number of rotatable bonds is 21. The highest BCUT2D eigenvalue weighted by Gasteiger charge is 2.44. The standard InChI is InChI=1S/C36H51O6P.CHF3O3S/c1-7-18-37-28-24-31(39-20-9-3)35(32(25-28)40-21-10-4)43(30-16-14-13-15-17-30)36-33(41-22-11-5)26-29(38-19-8-2)27-34(36)42-23-12-6;2-1(3,4)8(5,6)7/h13-17,24-27H,7-12,18-23H2,1-6H3;(H,5,6,7). The molecule has 0 aliphatic rings. The molecule has 0 aliphatic carbocycles. The Morgan fingerprint density at radius 2 is 0.824 bits per heavy atom. The minimum Gasteiger partial charge on any atom is -0.493 e. The Morgan fingerprint density at radius 1 is 0.549 bits per heavy atom. The van der Waals surface area contributed by atoms with E-state index in [0.717, 1.165) is 88.9 Å². The van der Waals surface area contributed by atoms with Crippen molar-refractivity contribution in [1.29, 1.82) is 0 Å². The topological polar surface area (TPSA) is 110 Å². The molecule has 0 aliphatic heterocycles. The zero-order chi connectivity index (χ0) is 37.9. The van der Waals surface area contributed by atoms with Crippen LogP contribution in [0.4, 0.5) is 13.2 Å². The lowest BCUT2D eigenvalue weighted by Gasteiger charge is -2.29. The molecule has 51 heavy (non-hydrogen) atoms. The van der Waals surface area contributed by atoms with Crippen molar-refractivity contribution in [3.63, 3.8) is 0 Å². The third kappa shape index (κ3) is 13.9. The summed E-state index contributed by atoms with van der Waals surface area (Å²) in [5.41, 5.74) is -5.53. The van der Waals surface area contributed by atoms with Gasteiger partial charge in [-0.3, -0.25) is 4.55 Å². The molecular weight excluding hydrogens is 708 g/mol. The molecule has 0 saturated heterocycles. The smallest absolute Gasteiger partial charge is 0.493 e. The van der Waals surface area contributed by atoms with Gasteiger partial charge in [0, 0.05) is 32.2 Å². The summed E-state index contributed by atoms with van der Waals surface area (Å²) in [5, 5.41) is 3.14. The molecule has 14 heteroatoms. The van der Waals surface area contributed by atoms with Gasteiger partial charge in [-0.15, -0.1) is 0 Å². The van der Waals surface area contributed by atoms with Crippen molar-refractivity contribution in [2.75, 3.05) is 39.6 Å². The van der Waals surface area contributed by atoms with Crippen LogP contribution in [-0.2, 0) is 10.1 Å². The van der Waals surface area contributed by atoms with Crippen LogP contribution in [0.25, 0.3) is 0 Å². The van der Waals surface area contributed by atoms with Gasteiger partial charge in [0.1, 0.15) is 34.5 Å².